The topological polar surface area (TPSA) is 64.9 Å². The average molecular weight is 413 g/mol. The van der Waals surface area contributed by atoms with E-state index in [4.69, 9.17) is 4.74 Å². The minimum absolute atomic E-state index is 0.00117. The molecule has 0 bridgehead atoms. The molecule has 0 spiro atoms. The van der Waals surface area contributed by atoms with Crippen LogP contribution in [-0.2, 0) is 4.74 Å². The Balaban J connectivity index is 1.65. The van der Waals surface area contributed by atoms with Crippen molar-refractivity contribution in [1.82, 2.24) is 19.7 Å². The van der Waals surface area contributed by atoms with Crippen molar-refractivity contribution in [3.8, 4) is 5.95 Å². The van der Waals surface area contributed by atoms with Gasteiger partial charge in [0.2, 0.25) is 5.92 Å². The van der Waals surface area contributed by atoms with Crippen LogP contribution in [-0.4, -0.2) is 50.8 Å². The molecule has 3 heterocycles. The lowest BCUT2D eigenvalue weighted by molar-refractivity contribution is -0.113. The zero-order valence-electron chi connectivity index (χ0n) is 16.0. The molecule has 1 saturated heterocycles. The lowest BCUT2D eigenvalue weighted by Gasteiger charge is -2.32. The molecule has 10 heteroatoms. The summed E-state index contributed by atoms with van der Waals surface area (Å²) in [5.41, 5.74) is 0.880. The third-order valence-corrected chi connectivity index (χ3v) is 5.46. The number of nitrogens with zero attached hydrogens (tertiary/aromatic N) is 4. The summed E-state index contributed by atoms with van der Waals surface area (Å²) in [5.74, 6) is -6.32. The number of halogens is 4. The molecule has 2 aromatic heterocycles. The van der Waals surface area contributed by atoms with Crippen molar-refractivity contribution >= 4 is 5.82 Å². The second kappa shape index (κ2) is 7.55. The van der Waals surface area contributed by atoms with Gasteiger partial charge in [0, 0.05) is 37.6 Å². The molecule has 2 aliphatic rings. The predicted molar refractivity (Wildman–Crippen MR) is 97.8 cm³/mol. The molecular weight excluding hydrogens is 390 g/mol. The Morgan fingerprint density at radius 2 is 1.90 bits per heavy atom. The van der Waals surface area contributed by atoms with Gasteiger partial charge in [0.1, 0.15) is 5.82 Å². The van der Waals surface area contributed by atoms with Crippen molar-refractivity contribution < 1.29 is 22.3 Å². The van der Waals surface area contributed by atoms with E-state index in [2.05, 4.69) is 20.4 Å². The first-order valence-corrected chi connectivity index (χ1v) is 9.73. The summed E-state index contributed by atoms with van der Waals surface area (Å²) in [5, 5.41) is 7.39. The predicted octanol–water partition coefficient (Wildman–Crippen LogP) is 4.10. The molecular formula is C19H23F4N5O. The highest BCUT2D eigenvalue weighted by atomic mass is 19.3. The molecule has 0 aromatic carbocycles. The molecule has 2 fully saturated rings. The van der Waals surface area contributed by atoms with Crippen molar-refractivity contribution in [1.29, 1.82) is 0 Å². The number of hydrogen-bond donors (Lipinski definition) is 1. The molecule has 1 N–H and O–H groups in total. The lowest BCUT2D eigenvalue weighted by Crippen LogP contribution is -2.37. The van der Waals surface area contributed by atoms with E-state index >= 15 is 0 Å². The third-order valence-electron chi connectivity index (χ3n) is 5.46. The quantitative estimate of drug-likeness (QED) is 0.765. The highest BCUT2D eigenvalue weighted by Gasteiger charge is 2.44. The van der Waals surface area contributed by atoms with Crippen molar-refractivity contribution in [2.24, 2.45) is 0 Å². The van der Waals surface area contributed by atoms with Crippen LogP contribution in [0, 0.1) is 6.92 Å². The minimum Gasteiger partial charge on any atom is -0.380 e. The van der Waals surface area contributed by atoms with E-state index in [0.717, 1.165) is 5.69 Å². The molecule has 6 nitrogen and oxygen atoms in total. The molecule has 1 aliphatic carbocycles. The number of aromatic nitrogens is 4. The monoisotopic (exact) mass is 413 g/mol. The number of nitrogens with one attached hydrogen (secondary N) is 1. The zero-order chi connectivity index (χ0) is 20.6. The highest BCUT2D eigenvalue weighted by Crippen LogP contribution is 2.40. The smallest absolute Gasteiger partial charge is 0.260 e. The number of hydrogen-bond acceptors (Lipinski definition) is 5. The number of ether oxygens (including phenoxy) is 1. The normalized spacial score (nSPS) is 24.4. The van der Waals surface area contributed by atoms with E-state index in [1.807, 2.05) is 0 Å². The summed E-state index contributed by atoms with van der Waals surface area (Å²) in [6.45, 7) is 1.66. The Bertz CT molecular complexity index is 862. The van der Waals surface area contributed by atoms with Crippen LogP contribution in [0.15, 0.2) is 18.3 Å². The third kappa shape index (κ3) is 4.52. The van der Waals surface area contributed by atoms with Crippen LogP contribution in [0.5, 0.6) is 0 Å². The largest absolute Gasteiger partial charge is 0.380 e. The Hall–Kier alpha value is -2.23. The van der Waals surface area contributed by atoms with Crippen molar-refractivity contribution in [3.05, 3.63) is 29.7 Å². The van der Waals surface area contributed by atoms with Crippen molar-refractivity contribution in [3.63, 3.8) is 0 Å². The standard InChI is InChI=1S/C19H23F4N5O/c1-12-4-8-28(27-12)17-25-15(14-11-29-9-7-19(14,22)23)10-16(26-17)24-13-2-5-18(20,21)6-3-13/h4,8,10,13-14H,2-3,5-7,9,11H2,1H3,(H,24,25,26). The summed E-state index contributed by atoms with van der Waals surface area (Å²) in [4.78, 5) is 8.72. The van der Waals surface area contributed by atoms with E-state index in [-0.39, 0.29) is 63.0 Å². The molecule has 1 atom stereocenters. The average Bonchev–Trinajstić information content (AvgIpc) is 3.09. The summed E-state index contributed by atoms with van der Waals surface area (Å²) in [6, 6.07) is 3.03. The van der Waals surface area contributed by atoms with E-state index in [9.17, 15) is 17.6 Å². The zero-order valence-corrected chi connectivity index (χ0v) is 16.0. The van der Waals surface area contributed by atoms with E-state index in [1.54, 1.807) is 19.2 Å². The summed E-state index contributed by atoms with van der Waals surface area (Å²) in [7, 11) is 0. The Morgan fingerprint density at radius 1 is 1.14 bits per heavy atom. The van der Waals surface area contributed by atoms with Crippen LogP contribution >= 0.6 is 0 Å². The van der Waals surface area contributed by atoms with Gasteiger partial charge in [0.05, 0.1) is 30.5 Å². The van der Waals surface area contributed by atoms with Crippen molar-refractivity contribution in [2.75, 3.05) is 18.5 Å². The van der Waals surface area contributed by atoms with Crippen LogP contribution in [0.3, 0.4) is 0 Å². The van der Waals surface area contributed by atoms with Gasteiger partial charge in [-0.3, -0.25) is 0 Å². The first-order chi connectivity index (χ1) is 13.7. The maximum atomic E-state index is 14.5. The first-order valence-electron chi connectivity index (χ1n) is 9.73. The number of aryl methyl sites for hydroxylation is 1. The molecule has 0 radical (unpaired) electrons. The maximum Gasteiger partial charge on any atom is 0.260 e. The van der Waals surface area contributed by atoms with Gasteiger partial charge in [-0.1, -0.05) is 0 Å². The fourth-order valence-corrected chi connectivity index (χ4v) is 3.74. The molecule has 1 aliphatic heterocycles. The van der Waals surface area contributed by atoms with Crippen LogP contribution in [0.4, 0.5) is 23.4 Å². The summed E-state index contributed by atoms with van der Waals surface area (Å²) < 4.78 is 62.6. The summed E-state index contributed by atoms with van der Waals surface area (Å²) >= 11 is 0. The first kappa shape index (κ1) is 20.1. The van der Waals surface area contributed by atoms with Gasteiger partial charge >= 0.3 is 0 Å². The Labute approximate surface area is 165 Å². The maximum absolute atomic E-state index is 14.5. The van der Waals surface area contributed by atoms with Crippen LogP contribution < -0.4 is 5.32 Å². The van der Waals surface area contributed by atoms with Gasteiger partial charge in [0.25, 0.3) is 11.9 Å². The number of anilines is 1. The Morgan fingerprint density at radius 3 is 2.55 bits per heavy atom. The fraction of sp³-hybridized carbons (Fsp3) is 0.632. The van der Waals surface area contributed by atoms with Gasteiger partial charge in [-0.15, -0.1) is 0 Å². The molecule has 4 rings (SSSR count). The van der Waals surface area contributed by atoms with Crippen LogP contribution in [0.1, 0.15) is 49.4 Å². The number of rotatable bonds is 4. The van der Waals surface area contributed by atoms with Gasteiger partial charge in [-0.2, -0.15) is 10.1 Å². The molecule has 1 unspecified atom stereocenters. The van der Waals surface area contributed by atoms with E-state index in [0.29, 0.717) is 5.82 Å². The molecule has 1 saturated carbocycles. The summed E-state index contributed by atoms with van der Waals surface area (Å²) in [6.07, 6.45) is 1.43. The van der Waals surface area contributed by atoms with E-state index < -0.39 is 17.8 Å². The molecule has 29 heavy (non-hydrogen) atoms. The van der Waals surface area contributed by atoms with Gasteiger partial charge in [-0.05, 0) is 25.8 Å². The SMILES string of the molecule is Cc1ccn(-c2nc(NC3CCC(F)(F)CC3)cc(C3COCCC3(F)F)n2)n1. The number of alkyl halides is 4. The van der Waals surface area contributed by atoms with Crippen molar-refractivity contribution in [2.45, 2.75) is 62.8 Å². The fourth-order valence-electron chi connectivity index (χ4n) is 3.74. The van der Waals surface area contributed by atoms with Crippen LogP contribution in [0.2, 0.25) is 0 Å². The second-order valence-corrected chi connectivity index (χ2v) is 7.79. The molecule has 158 valence electrons. The molecule has 0 amide bonds. The lowest BCUT2D eigenvalue weighted by atomic mass is 9.92. The van der Waals surface area contributed by atoms with Gasteiger partial charge in [0.15, 0.2) is 0 Å². The van der Waals surface area contributed by atoms with Gasteiger partial charge < -0.3 is 10.1 Å². The van der Waals surface area contributed by atoms with E-state index in [1.165, 1.54) is 10.7 Å². The molecule has 2 aromatic rings. The second-order valence-electron chi connectivity index (χ2n) is 7.79. The van der Waals surface area contributed by atoms with Crippen LogP contribution in [0.25, 0.3) is 5.95 Å². The highest BCUT2D eigenvalue weighted by molar-refractivity contribution is 5.41. The minimum atomic E-state index is -2.95. The van der Waals surface area contributed by atoms with Gasteiger partial charge in [-0.25, -0.2) is 27.2 Å². The Kier molecular flexibility index (Phi) is 5.22.